The van der Waals surface area contributed by atoms with Crippen molar-refractivity contribution < 1.29 is 22.6 Å². The first-order chi connectivity index (χ1) is 13.9. The zero-order chi connectivity index (χ0) is 20.9. The predicted octanol–water partition coefficient (Wildman–Crippen LogP) is 2.51. The van der Waals surface area contributed by atoms with Gasteiger partial charge < -0.3 is 19.7 Å². The number of halogens is 3. The number of para-hydroxylation sites is 1. The molecule has 1 aromatic carbocycles. The van der Waals surface area contributed by atoms with Gasteiger partial charge in [0.05, 0.1) is 19.3 Å². The number of aliphatic imine (C=N–C) groups is 1. The molecule has 1 saturated heterocycles. The van der Waals surface area contributed by atoms with E-state index in [0.717, 1.165) is 5.56 Å². The minimum absolute atomic E-state index is 0.126. The highest BCUT2D eigenvalue weighted by Gasteiger charge is 2.29. The van der Waals surface area contributed by atoms with Crippen LogP contribution in [-0.2, 0) is 18.3 Å². The lowest BCUT2D eigenvalue weighted by atomic mass is 10.1. The summed E-state index contributed by atoms with van der Waals surface area (Å²) in [6, 6.07) is 6.65. The number of morpholine rings is 1. The summed E-state index contributed by atoms with van der Waals surface area (Å²) in [7, 11) is 3.52. The monoisotopic (exact) mass is 411 g/mol. The Hall–Kier alpha value is -2.75. The van der Waals surface area contributed by atoms with E-state index in [-0.39, 0.29) is 18.4 Å². The van der Waals surface area contributed by atoms with Crippen LogP contribution in [0.15, 0.2) is 41.7 Å². The lowest BCUT2D eigenvalue weighted by Crippen LogP contribution is -2.47. The molecule has 7 nitrogen and oxygen atoms in total. The first kappa shape index (κ1) is 21.0. The molecule has 1 unspecified atom stereocenters. The molecule has 1 aromatic heterocycles. The molecule has 0 amide bonds. The van der Waals surface area contributed by atoms with Crippen LogP contribution < -0.4 is 10.1 Å². The summed E-state index contributed by atoms with van der Waals surface area (Å²) in [5.74, 6) is 0.843. The van der Waals surface area contributed by atoms with Gasteiger partial charge in [0.1, 0.15) is 11.9 Å². The topological polar surface area (TPSA) is 63.9 Å². The fourth-order valence-electron chi connectivity index (χ4n) is 3.11. The third-order valence-electron chi connectivity index (χ3n) is 4.48. The summed E-state index contributed by atoms with van der Waals surface area (Å²) in [5.41, 5.74) is 1.61. The van der Waals surface area contributed by atoms with E-state index in [1.165, 1.54) is 6.07 Å². The molecule has 29 heavy (non-hydrogen) atoms. The zero-order valence-electron chi connectivity index (χ0n) is 16.3. The van der Waals surface area contributed by atoms with Crippen LogP contribution in [0.4, 0.5) is 13.2 Å². The summed E-state index contributed by atoms with van der Waals surface area (Å²) in [4.78, 5) is 6.37. The Morgan fingerprint density at radius 1 is 1.38 bits per heavy atom. The van der Waals surface area contributed by atoms with Crippen molar-refractivity contribution in [3.63, 3.8) is 0 Å². The standard InChI is InChI=1S/C19H24F3N5O2/c1-23-18(27-7-8-28-17(12-27)15-10-25-26(2)11-15)24-9-14-5-3-4-6-16(14)29-13-19(20,21)22/h3-6,10-11,17H,7-9,12-13H2,1-2H3,(H,23,24). The summed E-state index contributed by atoms with van der Waals surface area (Å²) in [5, 5.41) is 7.39. The molecule has 2 heterocycles. The molecule has 10 heteroatoms. The average molecular weight is 411 g/mol. The van der Waals surface area contributed by atoms with E-state index in [9.17, 15) is 13.2 Å². The van der Waals surface area contributed by atoms with Gasteiger partial charge in [-0.05, 0) is 6.07 Å². The van der Waals surface area contributed by atoms with Crippen molar-refractivity contribution >= 4 is 5.96 Å². The molecule has 0 bridgehead atoms. The number of nitrogens with zero attached hydrogens (tertiary/aromatic N) is 4. The maximum atomic E-state index is 12.5. The summed E-state index contributed by atoms with van der Waals surface area (Å²) in [6.07, 6.45) is -0.818. The van der Waals surface area contributed by atoms with Gasteiger partial charge in [-0.15, -0.1) is 0 Å². The molecule has 1 aliphatic heterocycles. The van der Waals surface area contributed by atoms with Crippen molar-refractivity contribution in [3.8, 4) is 5.75 Å². The fourth-order valence-corrected chi connectivity index (χ4v) is 3.11. The number of alkyl halides is 3. The van der Waals surface area contributed by atoms with E-state index >= 15 is 0 Å². The third-order valence-corrected chi connectivity index (χ3v) is 4.48. The largest absolute Gasteiger partial charge is 0.484 e. The molecule has 1 N–H and O–H groups in total. The van der Waals surface area contributed by atoms with Crippen molar-refractivity contribution in [2.24, 2.45) is 12.0 Å². The second-order valence-electron chi connectivity index (χ2n) is 6.67. The van der Waals surface area contributed by atoms with Crippen LogP contribution >= 0.6 is 0 Å². The highest BCUT2D eigenvalue weighted by atomic mass is 19.4. The first-order valence-electron chi connectivity index (χ1n) is 9.19. The predicted molar refractivity (Wildman–Crippen MR) is 102 cm³/mol. The number of rotatable bonds is 5. The second-order valence-corrected chi connectivity index (χ2v) is 6.67. The molecule has 1 fully saturated rings. The van der Waals surface area contributed by atoms with Crippen molar-refractivity contribution in [1.29, 1.82) is 0 Å². The van der Waals surface area contributed by atoms with Gasteiger partial charge >= 0.3 is 6.18 Å². The fraction of sp³-hybridized carbons (Fsp3) is 0.474. The maximum absolute atomic E-state index is 12.5. The normalized spacial score (nSPS) is 18.0. The third kappa shape index (κ3) is 5.86. The number of benzene rings is 1. The van der Waals surface area contributed by atoms with Gasteiger partial charge in [-0.1, -0.05) is 18.2 Å². The number of aromatic nitrogens is 2. The van der Waals surface area contributed by atoms with Gasteiger partial charge in [-0.3, -0.25) is 9.67 Å². The number of hydrogen-bond acceptors (Lipinski definition) is 4. The van der Waals surface area contributed by atoms with Crippen LogP contribution in [0.3, 0.4) is 0 Å². The SMILES string of the molecule is CN=C(NCc1ccccc1OCC(F)(F)F)N1CCOC(c2cnn(C)c2)C1. The Labute approximate surface area is 167 Å². The number of guanidine groups is 1. The zero-order valence-corrected chi connectivity index (χ0v) is 16.3. The Balaban J connectivity index is 1.62. The number of aryl methyl sites for hydroxylation is 1. The van der Waals surface area contributed by atoms with Gasteiger partial charge in [0.25, 0.3) is 0 Å². The van der Waals surface area contributed by atoms with Crippen molar-refractivity contribution in [2.75, 3.05) is 33.4 Å². The molecule has 0 radical (unpaired) electrons. The molecule has 158 valence electrons. The lowest BCUT2D eigenvalue weighted by Gasteiger charge is -2.34. The van der Waals surface area contributed by atoms with E-state index in [1.807, 2.05) is 13.2 Å². The molecule has 0 saturated carbocycles. The molecular formula is C19H24F3N5O2. The summed E-state index contributed by atoms with van der Waals surface area (Å²) < 4.78 is 49.9. The Morgan fingerprint density at radius 2 is 2.17 bits per heavy atom. The van der Waals surface area contributed by atoms with Gasteiger partial charge in [0, 0.05) is 44.5 Å². The number of nitrogens with one attached hydrogen (secondary N) is 1. The average Bonchev–Trinajstić information content (AvgIpc) is 3.14. The molecule has 2 aromatic rings. The first-order valence-corrected chi connectivity index (χ1v) is 9.19. The quantitative estimate of drug-likeness (QED) is 0.605. The van der Waals surface area contributed by atoms with Crippen molar-refractivity contribution in [2.45, 2.75) is 18.8 Å². The Kier molecular flexibility index (Phi) is 6.63. The molecule has 1 atom stereocenters. The minimum atomic E-state index is -4.38. The minimum Gasteiger partial charge on any atom is -0.484 e. The molecule has 0 aliphatic carbocycles. The van der Waals surface area contributed by atoms with E-state index in [1.54, 1.807) is 36.1 Å². The van der Waals surface area contributed by atoms with Gasteiger partial charge in [0.2, 0.25) is 0 Å². The van der Waals surface area contributed by atoms with E-state index in [4.69, 9.17) is 9.47 Å². The Bertz CT molecular complexity index is 837. The summed E-state index contributed by atoms with van der Waals surface area (Å²) in [6.45, 7) is 0.746. The van der Waals surface area contributed by atoms with Crippen LogP contribution in [0.1, 0.15) is 17.2 Å². The number of ether oxygens (including phenoxy) is 2. The molecule has 3 rings (SSSR count). The van der Waals surface area contributed by atoms with Crippen molar-refractivity contribution in [3.05, 3.63) is 47.8 Å². The maximum Gasteiger partial charge on any atom is 0.422 e. The van der Waals surface area contributed by atoms with E-state index in [2.05, 4.69) is 20.3 Å². The van der Waals surface area contributed by atoms with Gasteiger partial charge in [-0.25, -0.2) is 0 Å². The van der Waals surface area contributed by atoms with Crippen LogP contribution in [0.25, 0.3) is 0 Å². The van der Waals surface area contributed by atoms with Crippen LogP contribution in [0.5, 0.6) is 5.75 Å². The smallest absolute Gasteiger partial charge is 0.422 e. The van der Waals surface area contributed by atoms with Crippen LogP contribution in [0, 0.1) is 0 Å². The number of hydrogen-bond donors (Lipinski definition) is 1. The molecular weight excluding hydrogens is 387 g/mol. The van der Waals surface area contributed by atoms with Gasteiger partial charge in [-0.2, -0.15) is 18.3 Å². The second kappa shape index (κ2) is 9.17. The molecule has 1 aliphatic rings. The Morgan fingerprint density at radius 3 is 2.86 bits per heavy atom. The lowest BCUT2D eigenvalue weighted by molar-refractivity contribution is -0.153. The molecule has 0 spiro atoms. The van der Waals surface area contributed by atoms with E-state index < -0.39 is 12.8 Å². The van der Waals surface area contributed by atoms with Crippen LogP contribution in [-0.4, -0.2) is 60.2 Å². The highest BCUT2D eigenvalue weighted by molar-refractivity contribution is 5.80. The highest BCUT2D eigenvalue weighted by Crippen LogP contribution is 2.23. The van der Waals surface area contributed by atoms with Gasteiger partial charge in [0.15, 0.2) is 12.6 Å². The summed E-state index contributed by atoms with van der Waals surface area (Å²) >= 11 is 0. The van der Waals surface area contributed by atoms with Crippen LogP contribution in [0.2, 0.25) is 0 Å². The van der Waals surface area contributed by atoms with E-state index in [0.29, 0.717) is 31.2 Å². The van der Waals surface area contributed by atoms with Crippen molar-refractivity contribution in [1.82, 2.24) is 20.0 Å².